The van der Waals surface area contributed by atoms with E-state index >= 15 is 0 Å². The molecule has 0 saturated heterocycles. The van der Waals surface area contributed by atoms with Crippen LogP contribution < -0.4 is 21.4 Å². The summed E-state index contributed by atoms with van der Waals surface area (Å²) in [5, 5.41) is 13.4. The molecule has 0 spiro atoms. The summed E-state index contributed by atoms with van der Waals surface area (Å²) in [6, 6.07) is 0. The number of ether oxygens (including phenoxy) is 1. The topological polar surface area (TPSA) is 127 Å². The SMILES string of the molecule is C=Cc1c2[nH]c(c1C)C=c1[nH]c(c(CCC(=O)CCCCB(C)O)c1C)=Cc1[nH]c(c(C)c1CCC(=O)OC(C)(C)C)C=c1[nH]c(c(C)c1C=C)=C2. The number of Topliss-reactive ketones (excluding diaryl/α,β-unsaturated/α-hetero) is 1. The number of ketones is 1. The van der Waals surface area contributed by atoms with Crippen LogP contribution in [0.5, 0.6) is 0 Å². The van der Waals surface area contributed by atoms with Gasteiger partial charge >= 0.3 is 5.97 Å². The molecule has 9 heteroatoms. The number of carbonyl (C=O) groups excluding carboxylic acids is 2. The summed E-state index contributed by atoms with van der Waals surface area (Å²) < 4.78 is 5.68. The van der Waals surface area contributed by atoms with Crippen LogP contribution in [0.1, 0.15) is 120 Å². The summed E-state index contributed by atoms with van der Waals surface area (Å²) in [4.78, 5) is 40.7. The normalized spacial score (nSPS) is 12.3. The van der Waals surface area contributed by atoms with Crippen molar-refractivity contribution in [2.45, 2.75) is 112 Å². The predicted molar refractivity (Wildman–Crippen MR) is 215 cm³/mol. The highest BCUT2D eigenvalue weighted by molar-refractivity contribution is 6.48. The summed E-state index contributed by atoms with van der Waals surface area (Å²) in [6.45, 7) is 23.8. The number of hydrogen-bond acceptors (Lipinski definition) is 4. The van der Waals surface area contributed by atoms with Crippen LogP contribution in [0.25, 0.3) is 36.5 Å². The summed E-state index contributed by atoms with van der Waals surface area (Å²) >= 11 is 0. The molecule has 8 bridgehead atoms. The number of nitrogens with one attached hydrogen (secondary N) is 4. The predicted octanol–water partition coefficient (Wildman–Crippen LogP) is 5.71. The highest BCUT2D eigenvalue weighted by atomic mass is 16.6. The van der Waals surface area contributed by atoms with Crippen molar-refractivity contribution in [3.8, 4) is 0 Å². The van der Waals surface area contributed by atoms with E-state index in [0.29, 0.717) is 32.0 Å². The van der Waals surface area contributed by atoms with Gasteiger partial charge in [0.1, 0.15) is 11.4 Å². The Morgan fingerprint density at radius 1 is 0.692 bits per heavy atom. The van der Waals surface area contributed by atoms with Gasteiger partial charge in [-0.1, -0.05) is 38.6 Å². The summed E-state index contributed by atoms with van der Waals surface area (Å²) in [5.74, 6) is -0.0158. The fraction of sp³-hybridized carbons (Fsp3) is 0.395. The van der Waals surface area contributed by atoms with Gasteiger partial charge in [0.05, 0.1) is 0 Å². The van der Waals surface area contributed by atoms with Crippen molar-refractivity contribution in [1.29, 1.82) is 0 Å². The van der Waals surface area contributed by atoms with Crippen molar-refractivity contribution < 1.29 is 19.3 Å². The third-order valence-electron chi connectivity index (χ3n) is 10.2. The zero-order valence-electron chi connectivity index (χ0n) is 32.3. The minimum absolute atomic E-state index is 0.223. The van der Waals surface area contributed by atoms with E-state index in [1.54, 1.807) is 6.82 Å². The lowest BCUT2D eigenvalue weighted by atomic mass is 9.67. The lowest BCUT2D eigenvalue weighted by Gasteiger charge is -2.19. The molecule has 4 aromatic rings. The molecule has 0 amide bonds. The Morgan fingerprint density at radius 2 is 1.27 bits per heavy atom. The van der Waals surface area contributed by atoms with Gasteiger partial charge in [0, 0.05) is 74.6 Å². The molecule has 0 fully saturated rings. The summed E-state index contributed by atoms with van der Waals surface area (Å²) in [7, 11) is 0. The van der Waals surface area contributed by atoms with Gasteiger partial charge in [-0.25, -0.2) is 0 Å². The number of aromatic amines is 4. The van der Waals surface area contributed by atoms with Crippen molar-refractivity contribution >= 4 is 55.1 Å². The fourth-order valence-corrected chi connectivity index (χ4v) is 7.23. The van der Waals surface area contributed by atoms with E-state index < -0.39 is 5.60 Å². The zero-order chi connectivity index (χ0) is 37.9. The molecule has 5 N–H and O–H groups in total. The highest BCUT2D eigenvalue weighted by Gasteiger charge is 2.20. The molecule has 5 rings (SSSR count). The van der Waals surface area contributed by atoms with Crippen LogP contribution in [0.3, 0.4) is 0 Å². The fourth-order valence-electron chi connectivity index (χ4n) is 7.23. The average molecular weight is 703 g/mol. The van der Waals surface area contributed by atoms with Crippen LogP contribution in [0.4, 0.5) is 0 Å². The molecule has 0 atom stereocenters. The second kappa shape index (κ2) is 15.9. The largest absolute Gasteiger partial charge is 0.460 e. The maximum Gasteiger partial charge on any atom is 0.306 e. The number of fused-ring (bicyclic) bond motifs is 8. The van der Waals surface area contributed by atoms with Gasteiger partial charge in [-0.05, 0) is 132 Å². The maximum atomic E-state index is 13.1. The van der Waals surface area contributed by atoms with Crippen LogP contribution in [-0.4, -0.2) is 49.2 Å². The van der Waals surface area contributed by atoms with E-state index in [1.807, 2.05) is 32.9 Å². The lowest BCUT2D eigenvalue weighted by Crippen LogP contribution is -2.24. The molecule has 0 unspecified atom stereocenters. The molecule has 0 aliphatic carbocycles. The Morgan fingerprint density at radius 3 is 1.94 bits per heavy atom. The van der Waals surface area contributed by atoms with Crippen LogP contribution in [0.2, 0.25) is 13.1 Å². The number of esters is 1. The highest BCUT2D eigenvalue weighted by Crippen LogP contribution is 2.24. The molecular formula is C43H55BN4O4. The molecular weight excluding hydrogens is 647 g/mol. The van der Waals surface area contributed by atoms with Crippen molar-refractivity contribution in [3.05, 3.63) is 102 Å². The van der Waals surface area contributed by atoms with E-state index in [1.165, 1.54) is 0 Å². The number of H-pyrrole nitrogens is 4. The quantitative estimate of drug-likeness (QED) is 0.0613. The summed E-state index contributed by atoms with van der Waals surface area (Å²) in [6.07, 6.45) is 16.9. The molecule has 0 saturated carbocycles. The Bertz CT molecular complexity index is 2270. The first-order valence-electron chi connectivity index (χ1n) is 18.5. The maximum absolute atomic E-state index is 13.1. The second-order valence-corrected chi connectivity index (χ2v) is 15.3. The number of carbonyl (C=O) groups is 2. The van der Waals surface area contributed by atoms with Gasteiger partial charge in [0.15, 0.2) is 0 Å². The standard InChI is InChI=1S/C43H55BN4O4/c1-11-30-25(3)34-21-35-27(5)32(17-16-29(49)15-13-14-20-44(10)51)40(47-35)24-41-33(18-19-42(50)52-43(7,8)9)28(6)37(48-41)23-39-31(12-2)26(4)36(46-39)22-38(30)45-34/h11-12,21-24,45-48,51H,1-2,13-20H2,3-10H3. The van der Waals surface area contributed by atoms with Crippen LogP contribution in [-0.2, 0) is 27.2 Å². The van der Waals surface area contributed by atoms with Gasteiger partial charge < -0.3 is 29.7 Å². The molecule has 0 aromatic carbocycles. The van der Waals surface area contributed by atoms with Crippen LogP contribution >= 0.6 is 0 Å². The lowest BCUT2D eigenvalue weighted by molar-refractivity contribution is -0.154. The van der Waals surface area contributed by atoms with E-state index in [4.69, 9.17) is 4.74 Å². The van der Waals surface area contributed by atoms with Gasteiger partial charge in [0.25, 0.3) is 6.92 Å². The Kier molecular flexibility index (Phi) is 11.7. The minimum Gasteiger partial charge on any atom is -0.460 e. The van der Waals surface area contributed by atoms with Gasteiger partial charge in [0.2, 0.25) is 0 Å². The minimum atomic E-state index is -0.563. The summed E-state index contributed by atoms with van der Waals surface area (Å²) in [5.41, 5.74) is 11.7. The van der Waals surface area contributed by atoms with E-state index in [-0.39, 0.29) is 25.1 Å². The first kappa shape index (κ1) is 38.5. The zero-order valence-corrected chi connectivity index (χ0v) is 32.3. The number of hydrogen-bond donors (Lipinski definition) is 5. The Labute approximate surface area is 307 Å². The first-order chi connectivity index (χ1) is 24.6. The molecule has 0 radical (unpaired) electrons. The van der Waals surface area contributed by atoms with Crippen molar-refractivity contribution in [2.24, 2.45) is 0 Å². The smallest absolute Gasteiger partial charge is 0.306 e. The van der Waals surface area contributed by atoms with Gasteiger partial charge in [-0.2, -0.15) is 0 Å². The molecule has 5 heterocycles. The third-order valence-corrected chi connectivity index (χ3v) is 10.2. The van der Waals surface area contributed by atoms with Crippen molar-refractivity contribution in [3.63, 3.8) is 0 Å². The van der Waals surface area contributed by atoms with Crippen LogP contribution in [0, 0.1) is 27.7 Å². The number of unbranched alkanes of at least 4 members (excludes halogenated alkanes) is 1. The third kappa shape index (κ3) is 8.64. The molecule has 1 aliphatic heterocycles. The molecule has 8 nitrogen and oxygen atoms in total. The number of aromatic nitrogens is 4. The van der Waals surface area contributed by atoms with E-state index in [2.05, 4.69) is 85.1 Å². The average Bonchev–Trinajstić information content (AvgIpc) is 3.73. The monoisotopic (exact) mass is 702 g/mol. The second-order valence-electron chi connectivity index (χ2n) is 15.3. The van der Waals surface area contributed by atoms with E-state index in [9.17, 15) is 14.6 Å². The number of rotatable bonds is 13. The molecule has 52 heavy (non-hydrogen) atoms. The van der Waals surface area contributed by atoms with Crippen molar-refractivity contribution in [1.82, 2.24) is 19.9 Å². The van der Waals surface area contributed by atoms with Gasteiger partial charge in [-0.3, -0.25) is 9.59 Å². The Hall–Kier alpha value is -4.76. The molecule has 1 aliphatic rings. The van der Waals surface area contributed by atoms with Crippen molar-refractivity contribution in [2.75, 3.05) is 0 Å². The Balaban J connectivity index is 1.72. The van der Waals surface area contributed by atoms with Gasteiger partial charge in [-0.15, -0.1) is 0 Å². The van der Waals surface area contributed by atoms with E-state index in [0.717, 1.165) is 102 Å². The molecule has 274 valence electrons. The first-order valence-corrected chi connectivity index (χ1v) is 18.5. The molecule has 4 aromatic heterocycles. The van der Waals surface area contributed by atoms with Crippen LogP contribution in [0.15, 0.2) is 13.2 Å².